The van der Waals surface area contributed by atoms with Crippen molar-refractivity contribution in [1.82, 2.24) is 10.2 Å². The first-order valence-electron chi connectivity index (χ1n) is 6.68. The lowest BCUT2D eigenvalue weighted by molar-refractivity contribution is 0.102. The van der Waals surface area contributed by atoms with Crippen LogP contribution in [-0.2, 0) is 6.54 Å². The summed E-state index contributed by atoms with van der Waals surface area (Å²) in [4.78, 5) is 25.5. The molecule has 2 heterocycles. The van der Waals surface area contributed by atoms with E-state index in [1.165, 1.54) is 11.3 Å². The minimum absolute atomic E-state index is 0.0611. The Kier molecular flexibility index (Phi) is 3.87. The van der Waals surface area contributed by atoms with Crippen molar-refractivity contribution in [3.63, 3.8) is 0 Å². The maximum atomic E-state index is 12.1. The van der Waals surface area contributed by atoms with Gasteiger partial charge in [-0.1, -0.05) is 18.2 Å². The normalized spacial score (nSPS) is 14.1. The van der Waals surface area contributed by atoms with Gasteiger partial charge in [-0.2, -0.15) is 11.3 Å². The summed E-state index contributed by atoms with van der Waals surface area (Å²) in [6.45, 7) is 1.85. The zero-order valence-corrected chi connectivity index (χ0v) is 12.2. The molecule has 0 radical (unpaired) electrons. The first-order valence-corrected chi connectivity index (χ1v) is 7.62. The number of rotatable bonds is 4. The van der Waals surface area contributed by atoms with Gasteiger partial charge in [-0.15, -0.1) is 0 Å². The van der Waals surface area contributed by atoms with Crippen LogP contribution >= 0.6 is 11.3 Å². The number of amides is 3. The van der Waals surface area contributed by atoms with Crippen molar-refractivity contribution in [1.29, 1.82) is 0 Å². The van der Waals surface area contributed by atoms with Crippen molar-refractivity contribution >= 4 is 29.0 Å². The number of nitrogens with one attached hydrogen (secondary N) is 2. The van der Waals surface area contributed by atoms with Gasteiger partial charge in [0, 0.05) is 30.7 Å². The van der Waals surface area contributed by atoms with Crippen LogP contribution in [0.2, 0.25) is 0 Å². The van der Waals surface area contributed by atoms with Crippen LogP contribution in [0, 0.1) is 0 Å². The average Bonchev–Trinajstić information content (AvgIpc) is 3.13. The molecule has 2 N–H and O–H groups in total. The summed E-state index contributed by atoms with van der Waals surface area (Å²) in [6, 6.07) is 9.29. The van der Waals surface area contributed by atoms with E-state index in [1.54, 1.807) is 11.0 Å². The van der Waals surface area contributed by atoms with E-state index >= 15 is 0 Å². The molecule has 1 aromatic heterocycles. The first kappa shape index (κ1) is 13.6. The van der Waals surface area contributed by atoms with Crippen molar-refractivity contribution in [3.8, 4) is 0 Å². The molecule has 1 aliphatic heterocycles. The van der Waals surface area contributed by atoms with Gasteiger partial charge in [0.05, 0.1) is 5.56 Å². The summed E-state index contributed by atoms with van der Waals surface area (Å²) >= 11 is 1.49. The molecule has 0 unspecified atom stereocenters. The number of carbonyl (C=O) groups is 2. The smallest absolute Gasteiger partial charge is 0.317 e. The maximum absolute atomic E-state index is 12.1. The number of hydrogen-bond donors (Lipinski definition) is 2. The summed E-state index contributed by atoms with van der Waals surface area (Å²) in [5, 5.41) is 9.37. The molecule has 0 spiro atoms. The number of para-hydroxylation sites is 1. The molecule has 3 rings (SSSR count). The van der Waals surface area contributed by atoms with E-state index in [9.17, 15) is 9.59 Å². The molecule has 1 saturated heterocycles. The van der Waals surface area contributed by atoms with Gasteiger partial charge >= 0.3 is 6.03 Å². The second-order valence-corrected chi connectivity index (χ2v) is 5.56. The Morgan fingerprint density at radius 3 is 2.90 bits per heavy atom. The van der Waals surface area contributed by atoms with E-state index in [-0.39, 0.29) is 11.9 Å². The van der Waals surface area contributed by atoms with Crippen molar-refractivity contribution in [2.45, 2.75) is 6.54 Å². The highest BCUT2D eigenvalue weighted by Gasteiger charge is 2.20. The number of nitrogens with zero attached hydrogens (tertiary/aromatic N) is 1. The van der Waals surface area contributed by atoms with Crippen LogP contribution in [0.15, 0.2) is 41.1 Å². The Morgan fingerprint density at radius 1 is 1.33 bits per heavy atom. The van der Waals surface area contributed by atoms with Gasteiger partial charge in [0.1, 0.15) is 0 Å². The van der Waals surface area contributed by atoms with Crippen molar-refractivity contribution in [2.75, 3.05) is 18.4 Å². The zero-order valence-electron chi connectivity index (χ0n) is 11.3. The van der Waals surface area contributed by atoms with E-state index in [0.29, 0.717) is 25.2 Å². The maximum Gasteiger partial charge on any atom is 0.317 e. The third kappa shape index (κ3) is 3.05. The van der Waals surface area contributed by atoms with Gasteiger partial charge < -0.3 is 15.5 Å². The van der Waals surface area contributed by atoms with E-state index in [2.05, 4.69) is 10.6 Å². The van der Waals surface area contributed by atoms with Crippen LogP contribution in [0.25, 0.3) is 0 Å². The number of thiophene rings is 1. The Morgan fingerprint density at radius 2 is 2.19 bits per heavy atom. The fraction of sp³-hybridized carbons (Fsp3) is 0.200. The molecular weight excluding hydrogens is 286 g/mol. The molecule has 1 aliphatic rings. The van der Waals surface area contributed by atoms with Gasteiger partial charge in [-0.05, 0) is 23.1 Å². The first-order chi connectivity index (χ1) is 10.2. The molecule has 0 saturated carbocycles. The monoisotopic (exact) mass is 301 g/mol. The van der Waals surface area contributed by atoms with Crippen molar-refractivity contribution in [3.05, 3.63) is 52.2 Å². The molecule has 2 aromatic rings. The van der Waals surface area contributed by atoms with Crippen LogP contribution in [0.3, 0.4) is 0 Å². The molecular formula is C15H15N3O2S. The predicted octanol–water partition coefficient (Wildman–Crippen LogP) is 2.53. The van der Waals surface area contributed by atoms with Crippen LogP contribution in [-0.4, -0.2) is 29.9 Å². The van der Waals surface area contributed by atoms with Crippen LogP contribution in [0.5, 0.6) is 0 Å². The topological polar surface area (TPSA) is 61.4 Å². The third-order valence-corrected chi connectivity index (χ3v) is 4.04. The molecule has 108 valence electrons. The fourth-order valence-electron chi connectivity index (χ4n) is 2.24. The molecule has 0 bridgehead atoms. The van der Waals surface area contributed by atoms with Gasteiger partial charge in [-0.25, -0.2) is 4.79 Å². The predicted molar refractivity (Wildman–Crippen MR) is 82.5 cm³/mol. The molecule has 21 heavy (non-hydrogen) atoms. The highest BCUT2D eigenvalue weighted by Crippen LogP contribution is 2.19. The Hall–Kier alpha value is -2.34. The summed E-state index contributed by atoms with van der Waals surface area (Å²) in [5.74, 6) is -0.130. The number of urea groups is 1. The molecule has 0 aliphatic carbocycles. The SMILES string of the molecule is O=C(Nc1ccccc1CN1CCNC1=O)c1ccsc1. The summed E-state index contributed by atoms with van der Waals surface area (Å²) in [6.07, 6.45) is 0. The number of carbonyl (C=O) groups excluding carboxylic acids is 2. The number of benzene rings is 1. The highest BCUT2D eigenvalue weighted by atomic mass is 32.1. The molecule has 0 atom stereocenters. The minimum Gasteiger partial charge on any atom is -0.336 e. The number of hydrogen-bond acceptors (Lipinski definition) is 3. The van der Waals surface area contributed by atoms with E-state index < -0.39 is 0 Å². The van der Waals surface area contributed by atoms with Gasteiger partial charge in [0.15, 0.2) is 0 Å². The molecule has 3 amide bonds. The highest BCUT2D eigenvalue weighted by molar-refractivity contribution is 7.08. The lowest BCUT2D eigenvalue weighted by Gasteiger charge is -2.17. The van der Waals surface area contributed by atoms with Crippen molar-refractivity contribution < 1.29 is 9.59 Å². The number of anilines is 1. The van der Waals surface area contributed by atoms with Crippen LogP contribution < -0.4 is 10.6 Å². The second-order valence-electron chi connectivity index (χ2n) is 4.78. The van der Waals surface area contributed by atoms with E-state index in [0.717, 1.165) is 11.3 Å². The zero-order chi connectivity index (χ0) is 14.7. The fourth-order valence-corrected chi connectivity index (χ4v) is 2.87. The lowest BCUT2D eigenvalue weighted by atomic mass is 10.1. The average molecular weight is 301 g/mol. The van der Waals surface area contributed by atoms with Gasteiger partial charge in [0.25, 0.3) is 5.91 Å². The van der Waals surface area contributed by atoms with E-state index in [1.807, 2.05) is 35.0 Å². The standard InChI is InChI=1S/C15H15N3O2S/c19-14(12-5-8-21-10-12)17-13-4-2-1-3-11(13)9-18-7-6-16-15(18)20/h1-5,8,10H,6-7,9H2,(H,16,20)(H,17,19). The Balaban J connectivity index is 1.76. The van der Waals surface area contributed by atoms with Crippen LogP contribution in [0.1, 0.15) is 15.9 Å². The van der Waals surface area contributed by atoms with Crippen LogP contribution in [0.4, 0.5) is 10.5 Å². The van der Waals surface area contributed by atoms with Gasteiger partial charge in [0.2, 0.25) is 0 Å². The van der Waals surface area contributed by atoms with Crippen molar-refractivity contribution in [2.24, 2.45) is 0 Å². The summed E-state index contributed by atoms with van der Waals surface area (Å²) in [5.41, 5.74) is 2.32. The summed E-state index contributed by atoms with van der Waals surface area (Å²) < 4.78 is 0. The quantitative estimate of drug-likeness (QED) is 0.911. The molecule has 5 nitrogen and oxygen atoms in total. The van der Waals surface area contributed by atoms with Gasteiger partial charge in [-0.3, -0.25) is 4.79 Å². The largest absolute Gasteiger partial charge is 0.336 e. The second kappa shape index (κ2) is 5.97. The third-order valence-electron chi connectivity index (χ3n) is 3.36. The molecule has 1 aromatic carbocycles. The lowest BCUT2D eigenvalue weighted by Crippen LogP contribution is -2.28. The Labute approximate surface area is 126 Å². The summed E-state index contributed by atoms with van der Waals surface area (Å²) in [7, 11) is 0. The minimum atomic E-state index is -0.130. The molecule has 6 heteroatoms. The van der Waals surface area contributed by atoms with E-state index in [4.69, 9.17) is 0 Å². The molecule has 1 fully saturated rings. The Bertz CT molecular complexity index is 655.